The van der Waals surface area contributed by atoms with Crippen LogP contribution in [0.1, 0.15) is 18.5 Å². The highest BCUT2D eigenvalue weighted by molar-refractivity contribution is 5.93. The highest BCUT2D eigenvalue weighted by Crippen LogP contribution is 2.29. The molecule has 1 heterocycles. The Hall–Kier alpha value is -2.14. The summed E-state index contributed by atoms with van der Waals surface area (Å²) in [5.41, 5.74) is 1.34. The first-order valence-electron chi connectivity index (χ1n) is 6.45. The number of carbonyl (C=O) groups excluding carboxylic acids is 2. The predicted octanol–water partition coefficient (Wildman–Crippen LogP) is 1.36. The molecule has 1 aliphatic heterocycles. The Balaban J connectivity index is 2.29. The van der Waals surface area contributed by atoms with Crippen molar-refractivity contribution in [1.29, 1.82) is 0 Å². The fourth-order valence-electron chi connectivity index (χ4n) is 2.18. The molecular weight excluding hydrogens is 258 g/mol. The Morgan fingerprint density at radius 1 is 1.25 bits per heavy atom. The summed E-state index contributed by atoms with van der Waals surface area (Å²) in [5, 5.41) is 3.08. The van der Waals surface area contributed by atoms with E-state index >= 15 is 0 Å². The Morgan fingerprint density at radius 3 is 2.55 bits per heavy atom. The van der Waals surface area contributed by atoms with Crippen LogP contribution in [0.3, 0.4) is 0 Å². The summed E-state index contributed by atoms with van der Waals surface area (Å²) in [6.45, 7) is 2.04. The van der Waals surface area contributed by atoms with Crippen molar-refractivity contribution < 1.29 is 19.1 Å². The molecule has 1 aliphatic rings. The van der Waals surface area contributed by atoms with Crippen LogP contribution in [0.25, 0.3) is 0 Å². The zero-order chi connectivity index (χ0) is 14.5. The molecule has 0 spiro atoms. The molecule has 2 rings (SSSR count). The first-order valence-corrected chi connectivity index (χ1v) is 6.45. The van der Waals surface area contributed by atoms with E-state index in [1.165, 1.54) is 7.11 Å². The predicted molar refractivity (Wildman–Crippen MR) is 72.8 cm³/mol. The Bertz CT molecular complexity index is 524. The molecule has 20 heavy (non-hydrogen) atoms. The SMILES string of the molecule is CCOC(=O)C1=C[C@@H](C(=O)OC)N[C@H]1c1ccccc1. The number of nitrogens with one attached hydrogen (secondary N) is 1. The van der Waals surface area contributed by atoms with E-state index in [2.05, 4.69) is 5.32 Å². The maximum absolute atomic E-state index is 12.0. The largest absolute Gasteiger partial charge is 0.468 e. The van der Waals surface area contributed by atoms with Gasteiger partial charge in [-0.3, -0.25) is 10.1 Å². The number of hydrogen-bond acceptors (Lipinski definition) is 5. The molecule has 0 saturated carbocycles. The van der Waals surface area contributed by atoms with E-state index in [1.807, 2.05) is 30.3 Å². The molecule has 1 aromatic rings. The molecule has 0 fully saturated rings. The van der Waals surface area contributed by atoms with E-state index < -0.39 is 18.0 Å². The van der Waals surface area contributed by atoms with Gasteiger partial charge in [-0.25, -0.2) is 4.79 Å². The first kappa shape index (κ1) is 14.3. The number of benzene rings is 1. The fraction of sp³-hybridized carbons (Fsp3) is 0.333. The minimum absolute atomic E-state index is 0.292. The van der Waals surface area contributed by atoms with Gasteiger partial charge in [0.25, 0.3) is 0 Å². The second kappa shape index (κ2) is 6.34. The molecule has 5 heteroatoms. The van der Waals surface area contributed by atoms with Crippen molar-refractivity contribution in [2.24, 2.45) is 0 Å². The summed E-state index contributed by atoms with van der Waals surface area (Å²) in [6.07, 6.45) is 1.57. The van der Waals surface area contributed by atoms with Crippen LogP contribution in [0.5, 0.6) is 0 Å². The van der Waals surface area contributed by atoms with Crippen LogP contribution in [0, 0.1) is 0 Å². The lowest BCUT2D eigenvalue weighted by Crippen LogP contribution is -2.34. The molecule has 0 aromatic heterocycles. The van der Waals surface area contributed by atoms with Crippen LogP contribution >= 0.6 is 0 Å². The van der Waals surface area contributed by atoms with Crippen LogP contribution in [-0.4, -0.2) is 31.7 Å². The standard InChI is InChI=1S/C15H17NO4/c1-3-20-14(17)11-9-12(15(18)19-2)16-13(11)10-7-5-4-6-8-10/h4-9,12-13,16H,3H2,1-2H3/t12-,13-/m0/s1. The minimum atomic E-state index is -0.635. The summed E-state index contributed by atoms with van der Waals surface area (Å²) in [6, 6.07) is 8.44. The average Bonchev–Trinajstić information content (AvgIpc) is 2.93. The second-order valence-corrected chi connectivity index (χ2v) is 4.35. The van der Waals surface area contributed by atoms with Crippen molar-refractivity contribution in [2.75, 3.05) is 13.7 Å². The van der Waals surface area contributed by atoms with Gasteiger partial charge >= 0.3 is 11.9 Å². The second-order valence-electron chi connectivity index (χ2n) is 4.35. The van der Waals surface area contributed by atoms with Crippen LogP contribution in [0.15, 0.2) is 42.0 Å². The Kier molecular flexibility index (Phi) is 4.53. The summed E-state index contributed by atoms with van der Waals surface area (Å²) in [7, 11) is 1.32. The van der Waals surface area contributed by atoms with Gasteiger partial charge in [-0.05, 0) is 18.6 Å². The minimum Gasteiger partial charge on any atom is -0.468 e. The van der Waals surface area contributed by atoms with E-state index in [4.69, 9.17) is 9.47 Å². The maximum atomic E-state index is 12.0. The number of methoxy groups -OCH3 is 1. The molecule has 2 atom stereocenters. The highest BCUT2D eigenvalue weighted by Gasteiger charge is 2.35. The van der Waals surface area contributed by atoms with Gasteiger partial charge < -0.3 is 9.47 Å². The molecule has 0 aliphatic carbocycles. The van der Waals surface area contributed by atoms with Gasteiger partial charge in [0.2, 0.25) is 0 Å². The van der Waals surface area contributed by atoms with Gasteiger partial charge in [-0.15, -0.1) is 0 Å². The molecular formula is C15H17NO4. The molecule has 0 radical (unpaired) electrons. The van der Waals surface area contributed by atoms with Crippen molar-refractivity contribution >= 4 is 11.9 Å². The summed E-state index contributed by atoms with van der Waals surface area (Å²) >= 11 is 0. The van der Waals surface area contributed by atoms with Crippen LogP contribution in [-0.2, 0) is 19.1 Å². The van der Waals surface area contributed by atoms with Gasteiger partial charge in [0.1, 0.15) is 6.04 Å². The van der Waals surface area contributed by atoms with Gasteiger partial charge in [0.05, 0.1) is 25.3 Å². The van der Waals surface area contributed by atoms with Gasteiger partial charge in [0.15, 0.2) is 0 Å². The summed E-state index contributed by atoms with van der Waals surface area (Å²) in [5.74, 6) is -0.842. The quantitative estimate of drug-likeness (QED) is 0.841. The number of esters is 2. The fourth-order valence-corrected chi connectivity index (χ4v) is 2.18. The molecule has 0 saturated heterocycles. The Labute approximate surface area is 117 Å². The number of hydrogen-bond donors (Lipinski definition) is 1. The maximum Gasteiger partial charge on any atom is 0.335 e. The van der Waals surface area contributed by atoms with Crippen molar-refractivity contribution in [1.82, 2.24) is 5.32 Å². The highest BCUT2D eigenvalue weighted by atomic mass is 16.5. The van der Waals surface area contributed by atoms with Gasteiger partial charge in [-0.2, -0.15) is 0 Å². The number of rotatable bonds is 4. The van der Waals surface area contributed by atoms with Crippen molar-refractivity contribution in [3.8, 4) is 0 Å². The van der Waals surface area contributed by atoms with Crippen molar-refractivity contribution in [2.45, 2.75) is 19.0 Å². The van der Waals surface area contributed by atoms with Crippen LogP contribution < -0.4 is 5.32 Å². The van der Waals surface area contributed by atoms with Crippen molar-refractivity contribution in [3.63, 3.8) is 0 Å². The zero-order valence-electron chi connectivity index (χ0n) is 11.5. The van der Waals surface area contributed by atoms with E-state index in [0.717, 1.165) is 5.56 Å². The molecule has 0 amide bonds. The average molecular weight is 275 g/mol. The number of carbonyl (C=O) groups is 2. The monoisotopic (exact) mass is 275 g/mol. The smallest absolute Gasteiger partial charge is 0.335 e. The lowest BCUT2D eigenvalue weighted by atomic mass is 10.0. The van der Waals surface area contributed by atoms with Crippen molar-refractivity contribution in [3.05, 3.63) is 47.5 Å². The first-order chi connectivity index (χ1) is 9.67. The molecule has 1 aromatic carbocycles. The third-order valence-corrected chi connectivity index (χ3v) is 3.10. The van der Waals surface area contributed by atoms with Gasteiger partial charge in [0, 0.05) is 0 Å². The van der Waals surface area contributed by atoms with E-state index in [9.17, 15) is 9.59 Å². The van der Waals surface area contributed by atoms with E-state index in [0.29, 0.717) is 12.2 Å². The molecule has 106 valence electrons. The summed E-state index contributed by atoms with van der Waals surface area (Å²) in [4.78, 5) is 23.6. The van der Waals surface area contributed by atoms with Crippen LogP contribution in [0.4, 0.5) is 0 Å². The molecule has 1 N–H and O–H groups in total. The third-order valence-electron chi connectivity index (χ3n) is 3.10. The van der Waals surface area contributed by atoms with E-state index in [-0.39, 0.29) is 6.04 Å². The molecule has 5 nitrogen and oxygen atoms in total. The lowest BCUT2D eigenvalue weighted by Gasteiger charge is -2.16. The van der Waals surface area contributed by atoms with Crippen LogP contribution in [0.2, 0.25) is 0 Å². The Morgan fingerprint density at radius 2 is 1.95 bits per heavy atom. The zero-order valence-corrected chi connectivity index (χ0v) is 11.5. The normalized spacial score (nSPS) is 21.2. The van der Waals surface area contributed by atoms with E-state index in [1.54, 1.807) is 13.0 Å². The third kappa shape index (κ3) is 2.88. The van der Waals surface area contributed by atoms with Gasteiger partial charge in [-0.1, -0.05) is 30.3 Å². The topological polar surface area (TPSA) is 64.6 Å². The lowest BCUT2D eigenvalue weighted by molar-refractivity contribution is -0.142. The molecule has 0 bridgehead atoms. The molecule has 0 unspecified atom stereocenters. The number of ether oxygens (including phenoxy) is 2. The summed E-state index contributed by atoms with van der Waals surface area (Å²) < 4.78 is 9.75.